The second kappa shape index (κ2) is 8.86. The number of aliphatic imine (C=N–C) groups is 1. The van der Waals surface area contributed by atoms with E-state index in [2.05, 4.69) is 9.71 Å². The number of benzene rings is 1. The number of aliphatic carboxylic acids is 1. The Balaban J connectivity index is 3.11. The maximum atomic E-state index is 12.8. The summed E-state index contributed by atoms with van der Waals surface area (Å²) < 4.78 is 33.1. The first-order valence-electron chi connectivity index (χ1n) is 7.96. The van der Waals surface area contributed by atoms with Crippen LogP contribution in [0.15, 0.2) is 16.0 Å². The Hall–Kier alpha value is -2.33. The Kier molecular flexibility index (Phi) is 7.40. The van der Waals surface area contributed by atoms with Crippen molar-refractivity contribution in [2.45, 2.75) is 44.6 Å². The third kappa shape index (κ3) is 5.33. The summed E-state index contributed by atoms with van der Waals surface area (Å²) in [5, 5.41) is 9.34. The molecule has 0 saturated heterocycles. The lowest BCUT2D eigenvalue weighted by molar-refractivity contribution is -0.139. The fraction of sp³-hybridized carbons (Fsp3) is 0.500. The number of hydrogen-bond donors (Lipinski definition) is 4. The van der Waals surface area contributed by atoms with Crippen LogP contribution in [0, 0.1) is 20.8 Å². The SMILES string of the molecule is COc1cc(C)c(S(=O)(=O)N[C@H](CCCN=C(N)N)C(=O)O)c(C)c1C. The number of carbonyl (C=O) groups is 1. The van der Waals surface area contributed by atoms with E-state index >= 15 is 0 Å². The number of carboxylic acids is 1. The third-order valence-corrected chi connectivity index (χ3v) is 5.77. The second-order valence-corrected chi connectivity index (χ2v) is 7.59. The summed E-state index contributed by atoms with van der Waals surface area (Å²) in [5.74, 6) is -0.790. The molecular formula is C16H26N4O5S. The Morgan fingerprint density at radius 1 is 1.31 bits per heavy atom. The van der Waals surface area contributed by atoms with Gasteiger partial charge in [0.05, 0.1) is 12.0 Å². The summed E-state index contributed by atoms with van der Waals surface area (Å²) in [6.45, 7) is 5.26. The lowest BCUT2D eigenvalue weighted by atomic mass is 10.1. The molecule has 1 atom stereocenters. The molecule has 9 nitrogen and oxygen atoms in total. The van der Waals surface area contributed by atoms with Crippen LogP contribution < -0.4 is 20.9 Å². The predicted molar refractivity (Wildman–Crippen MR) is 98.9 cm³/mol. The van der Waals surface area contributed by atoms with Gasteiger partial charge < -0.3 is 21.3 Å². The van der Waals surface area contributed by atoms with Crippen molar-refractivity contribution in [3.8, 4) is 5.75 Å². The van der Waals surface area contributed by atoms with Crippen LogP contribution in [0.3, 0.4) is 0 Å². The molecule has 0 unspecified atom stereocenters. The van der Waals surface area contributed by atoms with Gasteiger partial charge in [-0.3, -0.25) is 9.79 Å². The average molecular weight is 386 g/mol. The fourth-order valence-corrected chi connectivity index (χ4v) is 4.38. The van der Waals surface area contributed by atoms with E-state index in [1.165, 1.54) is 7.11 Å². The van der Waals surface area contributed by atoms with E-state index in [1.807, 2.05) is 0 Å². The number of rotatable bonds is 9. The largest absolute Gasteiger partial charge is 0.496 e. The molecule has 0 saturated carbocycles. The van der Waals surface area contributed by atoms with Gasteiger partial charge >= 0.3 is 5.97 Å². The maximum absolute atomic E-state index is 12.8. The van der Waals surface area contributed by atoms with Crippen molar-refractivity contribution in [2.75, 3.05) is 13.7 Å². The van der Waals surface area contributed by atoms with E-state index in [0.717, 1.165) is 0 Å². The van der Waals surface area contributed by atoms with Gasteiger partial charge in [-0.25, -0.2) is 8.42 Å². The van der Waals surface area contributed by atoms with Gasteiger partial charge in [-0.05, 0) is 56.4 Å². The van der Waals surface area contributed by atoms with E-state index in [9.17, 15) is 18.3 Å². The van der Waals surface area contributed by atoms with E-state index in [1.54, 1.807) is 26.8 Å². The molecule has 0 radical (unpaired) electrons. The van der Waals surface area contributed by atoms with E-state index < -0.39 is 22.0 Å². The number of guanidine groups is 1. The summed E-state index contributed by atoms with van der Waals surface area (Å²) >= 11 is 0. The molecule has 0 aliphatic carbocycles. The molecule has 1 rings (SSSR count). The summed E-state index contributed by atoms with van der Waals surface area (Å²) in [4.78, 5) is 15.3. The summed E-state index contributed by atoms with van der Waals surface area (Å²) in [7, 11) is -2.53. The fourth-order valence-electron chi connectivity index (χ4n) is 2.63. The topological polar surface area (TPSA) is 157 Å². The van der Waals surface area contributed by atoms with E-state index in [0.29, 0.717) is 28.9 Å². The monoisotopic (exact) mass is 386 g/mol. The van der Waals surface area contributed by atoms with Crippen LogP contribution in [0.25, 0.3) is 0 Å². The highest BCUT2D eigenvalue weighted by molar-refractivity contribution is 7.89. The highest BCUT2D eigenvalue weighted by atomic mass is 32.2. The number of nitrogens with one attached hydrogen (secondary N) is 1. The quantitative estimate of drug-likeness (QED) is 0.272. The molecule has 0 amide bonds. The van der Waals surface area contributed by atoms with Crippen molar-refractivity contribution >= 4 is 22.0 Å². The lowest BCUT2D eigenvalue weighted by Crippen LogP contribution is -2.41. The normalized spacial score (nSPS) is 12.5. The number of methoxy groups -OCH3 is 1. The van der Waals surface area contributed by atoms with Gasteiger partial charge in [0.1, 0.15) is 11.8 Å². The molecule has 1 aromatic rings. The maximum Gasteiger partial charge on any atom is 0.321 e. The molecule has 0 aromatic heterocycles. The zero-order valence-electron chi connectivity index (χ0n) is 15.4. The second-order valence-electron chi connectivity index (χ2n) is 5.94. The number of hydrogen-bond acceptors (Lipinski definition) is 5. The highest BCUT2D eigenvalue weighted by Gasteiger charge is 2.28. The van der Waals surface area contributed by atoms with Gasteiger partial charge in [0.25, 0.3) is 0 Å². The van der Waals surface area contributed by atoms with Crippen molar-refractivity contribution in [3.63, 3.8) is 0 Å². The predicted octanol–water partition coefficient (Wildman–Crippen LogP) is 0.406. The number of aryl methyl sites for hydroxylation is 1. The molecular weight excluding hydrogens is 360 g/mol. The van der Waals surface area contributed by atoms with E-state index in [-0.39, 0.29) is 23.8 Å². The van der Waals surface area contributed by atoms with Gasteiger partial charge in [0, 0.05) is 6.54 Å². The van der Waals surface area contributed by atoms with Crippen molar-refractivity contribution in [1.29, 1.82) is 0 Å². The van der Waals surface area contributed by atoms with Crippen molar-refractivity contribution in [1.82, 2.24) is 4.72 Å². The molecule has 0 aliphatic heterocycles. The van der Waals surface area contributed by atoms with Gasteiger partial charge in [0.15, 0.2) is 5.96 Å². The van der Waals surface area contributed by atoms with Crippen molar-refractivity contribution < 1.29 is 23.1 Å². The molecule has 1 aromatic carbocycles. The zero-order valence-corrected chi connectivity index (χ0v) is 16.2. The molecule has 0 heterocycles. The minimum Gasteiger partial charge on any atom is -0.496 e. The average Bonchev–Trinajstić information content (AvgIpc) is 2.53. The molecule has 146 valence electrons. The molecule has 6 N–H and O–H groups in total. The first kappa shape index (κ1) is 21.7. The molecule has 0 spiro atoms. The highest BCUT2D eigenvalue weighted by Crippen LogP contribution is 2.30. The summed E-state index contributed by atoms with van der Waals surface area (Å²) in [6, 6.07) is 0.334. The molecule has 0 fully saturated rings. The number of sulfonamides is 1. The standard InChI is InChI=1S/C16H26N4O5S/c1-9-8-13(25-4)10(2)11(3)14(9)26(23,24)20-12(15(21)22)6-5-7-19-16(17)18/h8,12,20H,5-7H2,1-4H3,(H,21,22)(H4,17,18,19)/t12-/m1/s1. The van der Waals surface area contributed by atoms with Crippen LogP contribution in [0.1, 0.15) is 29.5 Å². The zero-order chi connectivity index (χ0) is 20.1. The van der Waals surface area contributed by atoms with E-state index in [4.69, 9.17) is 16.2 Å². The van der Waals surface area contributed by atoms with Gasteiger partial charge in [0.2, 0.25) is 10.0 Å². The van der Waals surface area contributed by atoms with Crippen LogP contribution in [0.4, 0.5) is 0 Å². The first-order chi connectivity index (χ1) is 12.0. The number of ether oxygens (including phenoxy) is 1. The number of nitrogens with zero attached hydrogens (tertiary/aromatic N) is 1. The Labute approximate surface area is 153 Å². The van der Waals surface area contributed by atoms with Crippen molar-refractivity contribution in [3.05, 3.63) is 22.8 Å². The van der Waals surface area contributed by atoms with Crippen LogP contribution in [-0.2, 0) is 14.8 Å². The Morgan fingerprint density at radius 2 is 1.92 bits per heavy atom. The summed E-state index contributed by atoms with van der Waals surface area (Å²) in [6.07, 6.45) is 0.371. The van der Waals surface area contributed by atoms with Gasteiger partial charge in [-0.15, -0.1) is 0 Å². The van der Waals surface area contributed by atoms with Gasteiger partial charge in [-0.2, -0.15) is 4.72 Å². The first-order valence-corrected chi connectivity index (χ1v) is 9.44. The molecule has 0 bridgehead atoms. The van der Waals surface area contributed by atoms with Crippen LogP contribution >= 0.6 is 0 Å². The smallest absolute Gasteiger partial charge is 0.321 e. The third-order valence-electron chi connectivity index (χ3n) is 4.01. The summed E-state index contributed by atoms with van der Waals surface area (Å²) in [5.41, 5.74) is 12.1. The van der Waals surface area contributed by atoms with Gasteiger partial charge in [-0.1, -0.05) is 0 Å². The lowest BCUT2D eigenvalue weighted by Gasteiger charge is -2.19. The Morgan fingerprint density at radius 3 is 2.42 bits per heavy atom. The molecule has 10 heteroatoms. The van der Waals surface area contributed by atoms with Crippen LogP contribution in [-0.4, -0.2) is 45.1 Å². The Bertz CT molecular complexity index is 801. The molecule has 0 aliphatic rings. The minimum absolute atomic E-state index is 0.0541. The van der Waals surface area contributed by atoms with Crippen LogP contribution in [0.2, 0.25) is 0 Å². The number of carboxylic acid groups (broad SMARTS) is 1. The number of nitrogens with two attached hydrogens (primary N) is 2. The molecule has 26 heavy (non-hydrogen) atoms. The van der Waals surface area contributed by atoms with Crippen molar-refractivity contribution in [2.24, 2.45) is 16.5 Å². The van der Waals surface area contributed by atoms with Crippen LogP contribution in [0.5, 0.6) is 5.75 Å². The minimum atomic E-state index is -4.04.